The maximum atomic E-state index is 11.6. The van der Waals surface area contributed by atoms with E-state index >= 15 is 0 Å². The van der Waals surface area contributed by atoms with Gasteiger partial charge < -0.3 is 10.6 Å². The summed E-state index contributed by atoms with van der Waals surface area (Å²) in [6.07, 6.45) is 11.6. The number of fused-ring (bicyclic) bond motifs is 3. The van der Waals surface area contributed by atoms with Crippen LogP contribution in [0.4, 0.5) is 10.9 Å². The average molecular weight is 461 g/mol. The lowest BCUT2D eigenvalue weighted by Gasteiger charge is -2.20. The Labute approximate surface area is 197 Å². The van der Waals surface area contributed by atoms with Gasteiger partial charge in [0, 0.05) is 30.8 Å². The van der Waals surface area contributed by atoms with Crippen molar-refractivity contribution in [2.24, 2.45) is 0 Å². The van der Waals surface area contributed by atoms with Gasteiger partial charge in [-0.25, -0.2) is 9.97 Å². The van der Waals surface area contributed by atoms with Crippen LogP contribution in [0.1, 0.15) is 50.8 Å². The lowest BCUT2D eigenvalue weighted by atomic mass is 9.86. The van der Waals surface area contributed by atoms with E-state index in [0.29, 0.717) is 11.7 Å². The van der Waals surface area contributed by atoms with Crippen molar-refractivity contribution in [2.75, 3.05) is 17.2 Å². The molecule has 0 fully saturated rings. The molecule has 33 heavy (non-hydrogen) atoms. The van der Waals surface area contributed by atoms with Crippen LogP contribution >= 0.6 is 11.3 Å². The van der Waals surface area contributed by atoms with Gasteiger partial charge in [-0.05, 0) is 49.8 Å². The van der Waals surface area contributed by atoms with Gasteiger partial charge in [0.2, 0.25) is 5.91 Å². The quantitative estimate of drug-likeness (QED) is 0.515. The molecule has 5 rings (SSSR count). The molecule has 3 aromatic rings. The lowest BCUT2D eigenvalue weighted by molar-refractivity contribution is -0.114. The number of hydrogen-bond acceptors (Lipinski definition) is 6. The molecule has 2 aliphatic rings. The molecular formula is C25H28N6OS. The van der Waals surface area contributed by atoms with Crippen LogP contribution in [0.15, 0.2) is 42.1 Å². The average Bonchev–Trinajstić information content (AvgIpc) is 3.36. The standard InChI is InChI=1S/C25H28N6OS/c1-4-26-20-11-10-18(13-27-20)22-21-15(2)12-19-24(33-25(29-19)28-16(3)32)23(21)31(30-22)14-17-8-6-5-7-9-17/h6,8-11,13,15H,4-5,7,12,14H2,1-3H3,(H,26,27)(H,28,29,32). The molecule has 8 heteroatoms. The number of anilines is 2. The number of rotatable bonds is 6. The van der Waals surface area contributed by atoms with Gasteiger partial charge in [-0.3, -0.25) is 9.48 Å². The van der Waals surface area contributed by atoms with Gasteiger partial charge >= 0.3 is 0 Å². The van der Waals surface area contributed by atoms with Crippen LogP contribution in [0.3, 0.4) is 0 Å². The van der Waals surface area contributed by atoms with Crippen molar-refractivity contribution in [3.05, 3.63) is 53.4 Å². The van der Waals surface area contributed by atoms with Crippen LogP contribution in [0.25, 0.3) is 21.8 Å². The summed E-state index contributed by atoms with van der Waals surface area (Å²) in [5.41, 5.74) is 6.65. The number of carbonyl (C=O) groups excluding carboxylic acids is 1. The van der Waals surface area contributed by atoms with E-state index in [4.69, 9.17) is 10.1 Å². The van der Waals surface area contributed by atoms with E-state index in [2.05, 4.69) is 58.4 Å². The number of pyridine rings is 1. The zero-order valence-corrected chi connectivity index (χ0v) is 20.0. The molecule has 2 N–H and O–H groups in total. The molecule has 3 heterocycles. The Morgan fingerprint density at radius 2 is 2.18 bits per heavy atom. The Morgan fingerprint density at radius 1 is 1.30 bits per heavy atom. The molecule has 0 bridgehead atoms. The smallest absolute Gasteiger partial charge is 0.223 e. The lowest BCUT2D eigenvalue weighted by Crippen LogP contribution is -2.11. The second kappa shape index (κ2) is 8.94. The third kappa shape index (κ3) is 4.23. The zero-order valence-electron chi connectivity index (χ0n) is 19.2. The minimum Gasteiger partial charge on any atom is -0.370 e. The van der Waals surface area contributed by atoms with Crippen molar-refractivity contribution in [3.63, 3.8) is 0 Å². The monoisotopic (exact) mass is 460 g/mol. The van der Waals surface area contributed by atoms with Crippen molar-refractivity contribution in [1.29, 1.82) is 0 Å². The van der Waals surface area contributed by atoms with Crippen molar-refractivity contribution in [3.8, 4) is 21.8 Å². The molecule has 1 atom stereocenters. The molecule has 0 aliphatic heterocycles. The largest absolute Gasteiger partial charge is 0.370 e. The topological polar surface area (TPSA) is 84.7 Å². The summed E-state index contributed by atoms with van der Waals surface area (Å²) in [6, 6.07) is 4.10. The molecule has 0 aromatic carbocycles. The molecule has 0 saturated heterocycles. The fourth-order valence-electron chi connectivity index (χ4n) is 4.56. The van der Waals surface area contributed by atoms with E-state index in [-0.39, 0.29) is 11.8 Å². The van der Waals surface area contributed by atoms with Gasteiger partial charge in [-0.15, -0.1) is 0 Å². The Bertz CT molecular complexity index is 1250. The number of carbonyl (C=O) groups is 1. The van der Waals surface area contributed by atoms with Crippen LogP contribution in [-0.2, 0) is 17.8 Å². The first kappa shape index (κ1) is 21.6. The number of allylic oxidation sites excluding steroid dienone is 4. The summed E-state index contributed by atoms with van der Waals surface area (Å²) in [5.74, 6) is 1.02. The summed E-state index contributed by atoms with van der Waals surface area (Å²) >= 11 is 1.54. The van der Waals surface area contributed by atoms with Crippen LogP contribution in [0.5, 0.6) is 0 Å². The Hall–Kier alpha value is -3.26. The first-order valence-electron chi connectivity index (χ1n) is 11.5. The molecule has 1 unspecified atom stereocenters. The molecule has 3 aromatic heterocycles. The summed E-state index contributed by atoms with van der Waals surface area (Å²) in [6.45, 7) is 7.35. The fourth-order valence-corrected chi connectivity index (χ4v) is 5.66. The van der Waals surface area contributed by atoms with Crippen molar-refractivity contribution < 1.29 is 4.79 Å². The highest BCUT2D eigenvalue weighted by Gasteiger charge is 2.33. The summed E-state index contributed by atoms with van der Waals surface area (Å²) in [5, 5.41) is 11.9. The van der Waals surface area contributed by atoms with E-state index in [1.54, 1.807) is 0 Å². The minimum atomic E-state index is -0.104. The summed E-state index contributed by atoms with van der Waals surface area (Å²) < 4.78 is 2.12. The second-order valence-corrected chi connectivity index (χ2v) is 9.57. The maximum Gasteiger partial charge on any atom is 0.223 e. The first-order valence-corrected chi connectivity index (χ1v) is 12.3. The maximum absolute atomic E-state index is 11.6. The van der Waals surface area contributed by atoms with E-state index in [0.717, 1.165) is 59.1 Å². The number of thiazole rings is 1. The number of aromatic nitrogens is 4. The number of hydrogen-bond donors (Lipinski definition) is 2. The fraction of sp³-hybridized carbons (Fsp3) is 0.360. The van der Waals surface area contributed by atoms with Gasteiger partial charge in [0.15, 0.2) is 5.13 Å². The van der Waals surface area contributed by atoms with E-state index in [1.165, 1.54) is 29.4 Å². The van der Waals surface area contributed by atoms with Gasteiger partial charge in [0.1, 0.15) is 5.82 Å². The van der Waals surface area contributed by atoms with Crippen LogP contribution < -0.4 is 10.6 Å². The minimum absolute atomic E-state index is 0.104. The predicted octanol–water partition coefficient (Wildman–Crippen LogP) is 5.39. The zero-order chi connectivity index (χ0) is 22.9. The first-order chi connectivity index (χ1) is 16.0. The number of nitrogens with one attached hydrogen (secondary N) is 2. The highest BCUT2D eigenvalue weighted by atomic mass is 32.1. The molecule has 2 aliphatic carbocycles. The molecule has 1 amide bonds. The van der Waals surface area contributed by atoms with Gasteiger partial charge in [-0.2, -0.15) is 5.10 Å². The van der Waals surface area contributed by atoms with E-state index in [9.17, 15) is 4.79 Å². The van der Waals surface area contributed by atoms with E-state index in [1.807, 2.05) is 12.3 Å². The Kier molecular flexibility index (Phi) is 5.85. The second-order valence-electron chi connectivity index (χ2n) is 8.57. The molecule has 0 saturated carbocycles. The highest BCUT2D eigenvalue weighted by molar-refractivity contribution is 7.19. The molecule has 170 valence electrons. The van der Waals surface area contributed by atoms with Gasteiger partial charge in [0.25, 0.3) is 0 Å². The van der Waals surface area contributed by atoms with Crippen LogP contribution in [0.2, 0.25) is 0 Å². The predicted molar refractivity (Wildman–Crippen MR) is 134 cm³/mol. The normalized spacial score (nSPS) is 16.7. The Morgan fingerprint density at radius 3 is 2.88 bits per heavy atom. The third-order valence-electron chi connectivity index (χ3n) is 5.98. The summed E-state index contributed by atoms with van der Waals surface area (Å²) in [4.78, 5) is 22.1. The number of amides is 1. The van der Waals surface area contributed by atoms with Crippen LogP contribution in [-0.4, -0.2) is 32.2 Å². The molecular weight excluding hydrogens is 432 g/mol. The van der Waals surface area contributed by atoms with Crippen LogP contribution in [0, 0.1) is 0 Å². The SMILES string of the molecule is CCNc1ccc(-c2nn(CC3=CCCC=C3)c3c2C(C)Cc2nc(NC(C)=O)sc2-3)cn1. The number of nitrogens with zero attached hydrogens (tertiary/aromatic N) is 4. The van der Waals surface area contributed by atoms with Crippen molar-refractivity contribution in [2.45, 2.75) is 52.5 Å². The highest BCUT2D eigenvalue weighted by Crippen LogP contribution is 2.47. The van der Waals surface area contributed by atoms with E-state index < -0.39 is 0 Å². The Balaban J connectivity index is 1.64. The molecule has 0 spiro atoms. The molecule has 7 nitrogen and oxygen atoms in total. The van der Waals surface area contributed by atoms with Crippen molar-refractivity contribution >= 4 is 28.2 Å². The van der Waals surface area contributed by atoms with Gasteiger partial charge in [0.05, 0.1) is 28.5 Å². The third-order valence-corrected chi connectivity index (χ3v) is 7.00. The van der Waals surface area contributed by atoms with Gasteiger partial charge in [-0.1, -0.05) is 36.5 Å². The van der Waals surface area contributed by atoms with Crippen molar-refractivity contribution in [1.82, 2.24) is 19.7 Å². The summed E-state index contributed by atoms with van der Waals surface area (Å²) in [7, 11) is 0. The molecule has 0 radical (unpaired) electrons.